The van der Waals surface area contributed by atoms with Crippen LogP contribution in [0.15, 0.2) is 90.6 Å². The molecule has 0 bridgehead atoms. The molecule has 0 unspecified atom stereocenters. The second kappa shape index (κ2) is 12.2. The average molecular weight is 493 g/mol. The van der Waals surface area contributed by atoms with E-state index in [0.717, 1.165) is 23.4 Å². The first kappa shape index (κ1) is 25.3. The summed E-state index contributed by atoms with van der Waals surface area (Å²) in [4.78, 5) is 13.0. The van der Waals surface area contributed by atoms with E-state index in [2.05, 4.69) is 12.2 Å². The highest BCUT2D eigenvalue weighted by Gasteiger charge is 2.16. The molecule has 1 amide bonds. The summed E-state index contributed by atoms with van der Waals surface area (Å²) in [5.41, 5.74) is 3.53. The molecule has 1 N–H and O–H groups in total. The average Bonchev–Trinajstić information content (AvgIpc) is 3.36. The lowest BCUT2D eigenvalue weighted by molar-refractivity contribution is -0.112. The Morgan fingerprint density at radius 1 is 0.973 bits per heavy atom. The van der Waals surface area contributed by atoms with E-state index in [1.165, 1.54) is 0 Å². The first-order valence-corrected chi connectivity index (χ1v) is 12.2. The van der Waals surface area contributed by atoms with Crippen LogP contribution in [0.2, 0.25) is 0 Å². The van der Waals surface area contributed by atoms with Crippen LogP contribution in [-0.4, -0.2) is 28.9 Å². The number of anilines is 1. The molecule has 1 aromatic heterocycles. The van der Waals surface area contributed by atoms with E-state index in [4.69, 9.17) is 14.6 Å². The molecule has 186 valence electrons. The van der Waals surface area contributed by atoms with Gasteiger partial charge in [-0.1, -0.05) is 25.1 Å². The van der Waals surface area contributed by atoms with Crippen LogP contribution in [0, 0.1) is 11.3 Å². The van der Waals surface area contributed by atoms with Crippen molar-refractivity contribution in [3.8, 4) is 34.5 Å². The molecule has 4 rings (SSSR count). The topological polar surface area (TPSA) is 89.2 Å². The van der Waals surface area contributed by atoms with Gasteiger partial charge in [-0.15, -0.1) is 0 Å². The number of hydrogen-bond acceptors (Lipinski definition) is 5. The van der Waals surface area contributed by atoms with Crippen LogP contribution in [0.25, 0.3) is 23.0 Å². The van der Waals surface area contributed by atoms with E-state index in [1.54, 1.807) is 35.0 Å². The first-order chi connectivity index (χ1) is 18.1. The third-order valence-corrected chi connectivity index (χ3v) is 5.45. The van der Waals surface area contributed by atoms with Gasteiger partial charge in [-0.3, -0.25) is 4.79 Å². The minimum Gasteiger partial charge on any atom is -0.494 e. The van der Waals surface area contributed by atoms with E-state index in [0.29, 0.717) is 35.9 Å². The lowest BCUT2D eigenvalue weighted by atomic mass is 10.1. The Kier molecular flexibility index (Phi) is 8.35. The summed E-state index contributed by atoms with van der Waals surface area (Å²) in [5.74, 6) is 0.978. The molecule has 3 aromatic carbocycles. The Morgan fingerprint density at radius 2 is 1.65 bits per heavy atom. The van der Waals surface area contributed by atoms with Crippen LogP contribution in [0.3, 0.4) is 0 Å². The number of nitrogens with zero attached hydrogens (tertiary/aromatic N) is 3. The number of benzene rings is 3. The zero-order chi connectivity index (χ0) is 26.0. The highest BCUT2D eigenvalue weighted by molar-refractivity contribution is 6.10. The molecule has 0 saturated carbocycles. The summed E-state index contributed by atoms with van der Waals surface area (Å²) in [6.07, 6.45) is 4.30. The number of ether oxygens (including phenoxy) is 2. The quantitative estimate of drug-likeness (QED) is 0.208. The number of nitrogens with one attached hydrogen (secondary N) is 1. The van der Waals surface area contributed by atoms with Gasteiger partial charge in [0.2, 0.25) is 0 Å². The maximum atomic E-state index is 13.0. The maximum absolute atomic E-state index is 13.0. The molecular formula is C30H28N4O3. The first-order valence-electron chi connectivity index (χ1n) is 12.2. The summed E-state index contributed by atoms with van der Waals surface area (Å²) in [5, 5.41) is 17.4. The molecule has 0 radical (unpaired) electrons. The van der Waals surface area contributed by atoms with Crippen LogP contribution >= 0.6 is 0 Å². The zero-order valence-corrected chi connectivity index (χ0v) is 20.8. The van der Waals surface area contributed by atoms with Gasteiger partial charge in [0.1, 0.15) is 23.1 Å². The Balaban J connectivity index is 1.66. The van der Waals surface area contributed by atoms with E-state index in [1.807, 2.05) is 73.8 Å². The maximum Gasteiger partial charge on any atom is 0.266 e. The summed E-state index contributed by atoms with van der Waals surface area (Å²) in [7, 11) is 0. The van der Waals surface area contributed by atoms with E-state index >= 15 is 0 Å². The van der Waals surface area contributed by atoms with Gasteiger partial charge < -0.3 is 14.8 Å². The molecule has 4 aromatic rings. The van der Waals surface area contributed by atoms with Crippen molar-refractivity contribution in [2.45, 2.75) is 20.3 Å². The van der Waals surface area contributed by atoms with Crippen molar-refractivity contribution >= 4 is 17.7 Å². The van der Waals surface area contributed by atoms with Crippen LogP contribution in [0.4, 0.5) is 5.69 Å². The largest absolute Gasteiger partial charge is 0.494 e. The lowest BCUT2D eigenvalue weighted by Gasteiger charge is -2.07. The van der Waals surface area contributed by atoms with Gasteiger partial charge in [-0.05, 0) is 80.1 Å². The van der Waals surface area contributed by atoms with Crippen molar-refractivity contribution in [2.24, 2.45) is 0 Å². The number of carbonyl (C=O) groups excluding carboxylic acids is 1. The van der Waals surface area contributed by atoms with Crippen LogP contribution < -0.4 is 14.8 Å². The molecule has 37 heavy (non-hydrogen) atoms. The predicted molar refractivity (Wildman–Crippen MR) is 145 cm³/mol. The molecule has 1 heterocycles. The molecule has 0 aliphatic heterocycles. The van der Waals surface area contributed by atoms with Gasteiger partial charge in [0.25, 0.3) is 5.91 Å². The molecule has 0 spiro atoms. The molecule has 0 saturated heterocycles. The van der Waals surface area contributed by atoms with E-state index in [-0.39, 0.29) is 5.57 Å². The van der Waals surface area contributed by atoms with Crippen molar-refractivity contribution in [1.82, 2.24) is 9.78 Å². The van der Waals surface area contributed by atoms with Gasteiger partial charge in [-0.2, -0.15) is 10.4 Å². The molecule has 0 aliphatic rings. The fourth-order valence-electron chi connectivity index (χ4n) is 3.66. The minimum absolute atomic E-state index is 0.0364. The fraction of sp³-hybridized carbons (Fsp3) is 0.167. The Morgan fingerprint density at radius 3 is 2.30 bits per heavy atom. The summed E-state index contributed by atoms with van der Waals surface area (Å²) in [6, 6.07) is 26.3. The van der Waals surface area contributed by atoms with Gasteiger partial charge >= 0.3 is 0 Å². The molecule has 7 heteroatoms. The third kappa shape index (κ3) is 6.44. The van der Waals surface area contributed by atoms with Gasteiger partial charge in [0.05, 0.1) is 24.6 Å². The van der Waals surface area contributed by atoms with E-state index < -0.39 is 5.91 Å². The molecular weight excluding hydrogens is 464 g/mol. The summed E-state index contributed by atoms with van der Waals surface area (Å²) < 4.78 is 12.9. The monoisotopic (exact) mass is 492 g/mol. The van der Waals surface area contributed by atoms with Crippen molar-refractivity contribution in [3.63, 3.8) is 0 Å². The number of para-hydroxylation sites is 1. The minimum atomic E-state index is -0.506. The smallest absolute Gasteiger partial charge is 0.266 e. The number of carbonyl (C=O) groups is 1. The number of amides is 1. The summed E-state index contributed by atoms with van der Waals surface area (Å²) >= 11 is 0. The van der Waals surface area contributed by atoms with Gasteiger partial charge in [0.15, 0.2) is 0 Å². The van der Waals surface area contributed by atoms with Crippen molar-refractivity contribution in [3.05, 3.63) is 96.2 Å². The normalized spacial score (nSPS) is 11.0. The van der Waals surface area contributed by atoms with Crippen molar-refractivity contribution in [2.75, 3.05) is 18.5 Å². The SMILES string of the molecule is CCCOc1ccc(-c2nn(-c3ccccc3)cc2C=C(C#N)C(=O)Nc2ccc(OCC)cc2)cc1. The molecule has 7 nitrogen and oxygen atoms in total. The second-order valence-corrected chi connectivity index (χ2v) is 8.17. The number of hydrogen-bond donors (Lipinski definition) is 1. The summed E-state index contributed by atoms with van der Waals surface area (Å²) in [6.45, 7) is 5.16. The molecule has 0 fully saturated rings. The number of aromatic nitrogens is 2. The Bertz CT molecular complexity index is 1400. The standard InChI is InChI=1S/C30H28N4O3/c1-3-18-37-28-14-10-22(11-15-28)29-24(21-34(33-29)26-8-6-5-7-9-26)19-23(20-31)30(35)32-25-12-16-27(17-13-25)36-4-2/h5-17,19,21H,3-4,18H2,1-2H3,(H,32,35). The van der Waals surface area contributed by atoms with Crippen molar-refractivity contribution < 1.29 is 14.3 Å². The highest BCUT2D eigenvalue weighted by Crippen LogP contribution is 2.28. The van der Waals surface area contributed by atoms with Crippen LogP contribution in [-0.2, 0) is 4.79 Å². The predicted octanol–water partition coefficient (Wildman–Crippen LogP) is 6.27. The van der Waals surface area contributed by atoms with Crippen molar-refractivity contribution in [1.29, 1.82) is 5.26 Å². The third-order valence-electron chi connectivity index (χ3n) is 5.45. The van der Waals surface area contributed by atoms with Gasteiger partial charge in [-0.25, -0.2) is 4.68 Å². The Hall–Kier alpha value is -4.83. The zero-order valence-electron chi connectivity index (χ0n) is 20.8. The number of nitriles is 1. The van der Waals surface area contributed by atoms with Crippen LogP contribution in [0.5, 0.6) is 11.5 Å². The van der Waals surface area contributed by atoms with E-state index in [9.17, 15) is 10.1 Å². The highest BCUT2D eigenvalue weighted by atomic mass is 16.5. The van der Waals surface area contributed by atoms with Gasteiger partial charge in [0, 0.05) is 23.0 Å². The van der Waals surface area contributed by atoms with Crippen LogP contribution in [0.1, 0.15) is 25.8 Å². The lowest BCUT2D eigenvalue weighted by Crippen LogP contribution is -2.13. The number of rotatable bonds is 10. The second-order valence-electron chi connectivity index (χ2n) is 8.17. The molecule has 0 aliphatic carbocycles. The fourth-order valence-corrected chi connectivity index (χ4v) is 3.66. The Labute approximate surface area is 216 Å². The molecule has 0 atom stereocenters.